The first-order chi connectivity index (χ1) is 13.5. The van der Waals surface area contributed by atoms with Crippen molar-refractivity contribution in [2.45, 2.75) is 64.3 Å². The molecule has 0 radical (unpaired) electrons. The average Bonchev–Trinajstić information content (AvgIpc) is 2.65. The quantitative estimate of drug-likeness (QED) is 0.747. The number of hydrogen-bond donors (Lipinski definition) is 1. The van der Waals surface area contributed by atoms with E-state index in [9.17, 15) is 14.7 Å². The van der Waals surface area contributed by atoms with Crippen LogP contribution in [-0.2, 0) is 9.59 Å². The minimum Gasteiger partial charge on any atom is -0.550 e. The Morgan fingerprint density at radius 3 is 2.18 bits per heavy atom. The van der Waals surface area contributed by atoms with Gasteiger partial charge in [-0.1, -0.05) is 19.1 Å². The lowest BCUT2D eigenvalue weighted by Crippen LogP contribution is -2.54. The molecule has 1 N–H and O–H groups in total. The Hall–Kier alpha value is -2.04. The Morgan fingerprint density at radius 2 is 1.68 bits per heavy atom. The van der Waals surface area contributed by atoms with E-state index in [-0.39, 0.29) is 17.7 Å². The molecular formula is C23H30NO4-. The number of rotatable bonds is 8. The lowest BCUT2D eigenvalue weighted by molar-refractivity contribution is -0.306. The Balaban J connectivity index is 1.49. The average molecular weight is 384 g/mol. The van der Waals surface area contributed by atoms with Gasteiger partial charge in [0, 0.05) is 17.8 Å². The van der Waals surface area contributed by atoms with E-state index in [1.165, 1.54) is 19.3 Å². The summed E-state index contributed by atoms with van der Waals surface area (Å²) in [5.41, 5.74) is 0.495. The molecule has 1 atom stereocenters. The second kappa shape index (κ2) is 7.76. The lowest BCUT2D eigenvalue weighted by atomic mass is 9.49. The predicted octanol–water partition coefficient (Wildman–Crippen LogP) is 2.99. The molecule has 0 spiro atoms. The fourth-order valence-corrected chi connectivity index (χ4v) is 6.14. The van der Waals surface area contributed by atoms with E-state index in [0.29, 0.717) is 24.4 Å². The summed E-state index contributed by atoms with van der Waals surface area (Å²) >= 11 is 0. The summed E-state index contributed by atoms with van der Waals surface area (Å²) in [5.74, 6) is 1.67. The molecule has 152 valence electrons. The molecule has 0 heterocycles. The van der Waals surface area contributed by atoms with Crippen molar-refractivity contribution in [2.75, 3.05) is 6.61 Å². The van der Waals surface area contributed by atoms with Gasteiger partial charge in [0.25, 0.3) is 0 Å². The number of aliphatic carboxylic acids is 1. The molecule has 4 aliphatic rings. The first kappa shape index (κ1) is 19.3. The molecule has 28 heavy (non-hydrogen) atoms. The second-order valence-corrected chi connectivity index (χ2v) is 9.22. The largest absolute Gasteiger partial charge is 0.550 e. The monoisotopic (exact) mass is 384 g/mol. The van der Waals surface area contributed by atoms with Crippen LogP contribution in [0.3, 0.4) is 0 Å². The number of benzene rings is 1. The van der Waals surface area contributed by atoms with E-state index in [4.69, 9.17) is 4.74 Å². The highest BCUT2D eigenvalue weighted by atomic mass is 16.5. The molecule has 4 aliphatic carbocycles. The van der Waals surface area contributed by atoms with E-state index >= 15 is 0 Å². The molecule has 4 bridgehead atoms. The van der Waals surface area contributed by atoms with E-state index in [1.807, 2.05) is 31.2 Å². The zero-order chi connectivity index (χ0) is 19.7. The first-order valence-electron chi connectivity index (χ1n) is 10.7. The maximum Gasteiger partial charge on any atom is 0.226 e. The third kappa shape index (κ3) is 3.89. The molecule has 1 amide bonds. The predicted molar refractivity (Wildman–Crippen MR) is 103 cm³/mol. The van der Waals surface area contributed by atoms with Crippen LogP contribution in [0.4, 0.5) is 0 Å². The molecule has 0 saturated heterocycles. The Kier molecular flexibility index (Phi) is 5.35. The molecule has 0 aromatic heterocycles. The maximum atomic E-state index is 13.3. The van der Waals surface area contributed by atoms with Gasteiger partial charge in [-0.15, -0.1) is 0 Å². The number of carbonyl (C=O) groups is 2. The van der Waals surface area contributed by atoms with Gasteiger partial charge in [-0.05, 0) is 80.4 Å². The van der Waals surface area contributed by atoms with Crippen molar-refractivity contribution >= 4 is 11.9 Å². The highest BCUT2D eigenvalue weighted by Gasteiger charge is 2.54. The summed E-state index contributed by atoms with van der Waals surface area (Å²) in [6, 6.07) is 6.80. The lowest BCUT2D eigenvalue weighted by Gasteiger charge is -2.55. The molecule has 1 aromatic carbocycles. The van der Waals surface area contributed by atoms with Crippen molar-refractivity contribution in [1.29, 1.82) is 0 Å². The first-order valence-corrected chi connectivity index (χ1v) is 10.7. The van der Waals surface area contributed by atoms with Gasteiger partial charge in [0.15, 0.2) is 0 Å². The summed E-state index contributed by atoms with van der Waals surface area (Å²) in [6.07, 6.45) is 7.42. The van der Waals surface area contributed by atoms with Crippen molar-refractivity contribution in [3.05, 3.63) is 29.8 Å². The van der Waals surface area contributed by atoms with Crippen LogP contribution in [0.1, 0.15) is 69.9 Å². The van der Waals surface area contributed by atoms with Gasteiger partial charge in [0.1, 0.15) is 5.75 Å². The number of carboxylic acids is 1. The zero-order valence-electron chi connectivity index (χ0n) is 16.6. The number of carboxylic acid groups (broad SMARTS) is 1. The van der Waals surface area contributed by atoms with Crippen molar-refractivity contribution in [1.82, 2.24) is 5.32 Å². The summed E-state index contributed by atoms with van der Waals surface area (Å²) < 4.78 is 5.60. The van der Waals surface area contributed by atoms with Gasteiger partial charge in [0.2, 0.25) is 5.91 Å². The number of amides is 1. The molecule has 5 rings (SSSR count). The highest BCUT2D eigenvalue weighted by molar-refractivity contribution is 5.84. The highest BCUT2D eigenvalue weighted by Crippen LogP contribution is 2.60. The minimum absolute atomic E-state index is 0.0455. The standard InChI is InChI=1S/C23H31NO4/c1-2-7-28-19-5-3-18(4-6-19)20(11-21(25)26)24-22(27)23-12-15-8-16(13-23)10-17(9-15)14-23/h3-6,15-17,20H,2,7-14H2,1H3,(H,24,27)(H,25,26)/p-1/t15?,16?,17?,20-,23?/m0/s1. The van der Waals surface area contributed by atoms with Gasteiger partial charge in [-0.3, -0.25) is 4.79 Å². The third-order valence-corrected chi connectivity index (χ3v) is 6.95. The van der Waals surface area contributed by atoms with Crippen molar-refractivity contribution in [3.63, 3.8) is 0 Å². The van der Waals surface area contributed by atoms with Gasteiger partial charge in [-0.2, -0.15) is 0 Å². The van der Waals surface area contributed by atoms with Crippen LogP contribution in [0.2, 0.25) is 0 Å². The summed E-state index contributed by atoms with van der Waals surface area (Å²) in [7, 11) is 0. The fourth-order valence-electron chi connectivity index (χ4n) is 6.14. The van der Waals surface area contributed by atoms with Gasteiger partial charge in [-0.25, -0.2) is 0 Å². The molecule has 5 nitrogen and oxygen atoms in total. The van der Waals surface area contributed by atoms with Crippen LogP contribution in [0.25, 0.3) is 0 Å². The van der Waals surface area contributed by atoms with E-state index in [0.717, 1.165) is 37.0 Å². The molecular weight excluding hydrogens is 354 g/mol. The van der Waals surface area contributed by atoms with E-state index in [2.05, 4.69) is 5.32 Å². The smallest absolute Gasteiger partial charge is 0.226 e. The van der Waals surface area contributed by atoms with Crippen molar-refractivity contribution in [2.24, 2.45) is 23.2 Å². The normalized spacial score (nSPS) is 31.4. The van der Waals surface area contributed by atoms with Gasteiger partial charge in [0.05, 0.1) is 12.6 Å². The van der Waals surface area contributed by atoms with Gasteiger partial charge >= 0.3 is 0 Å². The number of carbonyl (C=O) groups excluding carboxylic acids is 2. The third-order valence-electron chi connectivity index (χ3n) is 6.95. The zero-order valence-corrected chi connectivity index (χ0v) is 16.6. The molecule has 4 saturated carbocycles. The topological polar surface area (TPSA) is 78.5 Å². The summed E-state index contributed by atoms with van der Waals surface area (Å²) in [4.78, 5) is 24.7. The SMILES string of the molecule is CCCOc1ccc([C@H](CC(=O)[O-])NC(=O)C23CC4CC(CC(C4)C2)C3)cc1. The minimum atomic E-state index is -1.15. The Morgan fingerprint density at radius 1 is 1.11 bits per heavy atom. The number of ether oxygens (including phenoxy) is 1. The molecule has 5 heteroatoms. The Bertz CT molecular complexity index is 691. The summed E-state index contributed by atoms with van der Waals surface area (Å²) in [6.45, 7) is 2.69. The molecule has 4 fully saturated rings. The van der Waals surface area contributed by atoms with Crippen molar-refractivity contribution in [3.8, 4) is 5.75 Å². The van der Waals surface area contributed by atoms with Crippen LogP contribution in [-0.4, -0.2) is 18.5 Å². The van der Waals surface area contributed by atoms with Gasteiger partial charge < -0.3 is 20.0 Å². The van der Waals surface area contributed by atoms with E-state index < -0.39 is 12.0 Å². The fraction of sp³-hybridized carbons (Fsp3) is 0.652. The summed E-state index contributed by atoms with van der Waals surface area (Å²) in [5, 5.41) is 14.4. The molecule has 1 aromatic rings. The second-order valence-electron chi connectivity index (χ2n) is 9.22. The van der Waals surface area contributed by atoms with Crippen LogP contribution >= 0.6 is 0 Å². The van der Waals surface area contributed by atoms with Crippen LogP contribution < -0.4 is 15.2 Å². The molecule has 0 unspecified atom stereocenters. The molecule has 0 aliphatic heterocycles. The van der Waals surface area contributed by atoms with Crippen LogP contribution in [0, 0.1) is 23.2 Å². The maximum absolute atomic E-state index is 13.3. The van der Waals surface area contributed by atoms with Crippen LogP contribution in [0.15, 0.2) is 24.3 Å². The van der Waals surface area contributed by atoms with Crippen molar-refractivity contribution < 1.29 is 19.4 Å². The van der Waals surface area contributed by atoms with Crippen LogP contribution in [0.5, 0.6) is 5.75 Å². The van der Waals surface area contributed by atoms with E-state index in [1.54, 1.807) is 0 Å². The Labute approximate surface area is 166 Å². The number of nitrogens with one attached hydrogen (secondary N) is 1. The number of hydrogen-bond acceptors (Lipinski definition) is 4.